The maximum Gasteiger partial charge on any atom is 0.283 e. The molecule has 0 bridgehead atoms. The summed E-state index contributed by atoms with van der Waals surface area (Å²) >= 11 is 0. The topological polar surface area (TPSA) is 81.8 Å². The van der Waals surface area contributed by atoms with Gasteiger partial charge in [0.2, 0.25) is 0 Å². The van der Waals surface area contributed by atoms with Crippen LogP contribution in [0, 0.1) is 6.92 Å². The molecule has 3 aromatic rings. The third kappa shape index (κ3) is 2.80. The van der Waals surface area contributed by atoms with Crippen molar-refractivity contribution in [3.05, 3.63) is 58.3 Å². The standard InChI is InChI=1S/C17H19N5O2/c1-11-5-7-12(8-6-11)15(23)20-21-10-18-14-13(16(21)24)9-19-22(14)17(2,3)4/h5-10H,1-4H3,(H,20,23). The van der Waals surface area contributed by atoms with Crippen molar-refractivity contribution < 1.29 is 4.79 Å². The molecule has 0 aliphatic rings. The van der Waals surface area contributed by atoms with Crippen LogP contribution in [0.15, 0.2) is 41.6 Å². The van der Waals surface area contributed by atoms with Crippen LogP contribution < -0.4 is 11.0 Å². The summed E-state index contributed by atoms with van der Waals surface area (Å²) in [5.74, 6) is -0.374. The molecule has 1 amide bonds. The number of hydrogen-bond acceptors (Lipinski definition) is 4. The van der Waals surface area contributed by atoms with Crippen LogP contribution >= 0.6 is 0 Å². The molecule has 0 saturated heterocycles. The highest BCUT2D eigenvalue weighted by Gasteiger charge is 2.20. The first kappa shape index (κ1) is 15.9. The number of aryl methyl sites for hydroxylation is 1. The first-order valence-electron chi connectivity index (χ1n) is 7.61. The summed E-state index contributed by atoms with van der Waals surface area (Å²) in [7, 11) is 0. The van der Waals surface area contributed by atoms with Crippen molar-refractivity contribution in [3.8, 4) is 0 Å². The summed E-state index contributed by atoms with van der Waals surface area (Å²) in [5.41, 5.74) is 3.91. The Morgan fingerprint density at radius 3 is 2.46 bits per heavy atom. The van der Waals surface area contributed by atoms with E-state index in [0.29, 0.717) is 16.6 Å². The number of hydrogen-bond donors (Lipinski definition) is 1. The van der Waals surface area contributed by atoms with Crippen LogP contribution in [0.3, 0.4) is 0 Å². The molecule has 2 aromatic heterocycles. The molecule has 0 spiro atoms. The lowest BCUT2D eigenvalue weighted by atomic mass is 10.1. The average Bonchev–Trinajstić information content (AvgIpc) is 2.95. The molecule has 1 aromatic carbocycles. The van der Waals surface area contributed by atoms with Crippen molar-refractivity contribution in [2.45, 2.75) is 33.2 Å². The Morgan fingerprint density at radius 2 is 1.83 bits per heavy atom. The molecular weight excluding hydrogens is 306 g/mol. The molecule has 0 unspecified atom stereocenters. The Labute approximate surface area is 138 Å². The highest BCUT2D eigenvalue weighted by atomic mass is 16.2. The van der Waals surface area contributed by atoms with E-state index in [9.17, 15) is 9.59 Å². The Kier molecular flexibility index (Phi) is 3.71. The van der Waals surface area contributed by atoms with Gasteiger partial charge in [-0.15, -0.1) is 0 Å². The lowest BCUT2D eigenvalue weighted by Gasteiger charge is -2.19. The van der Waals surface area contributed by atoms with Gasteiger partial charge in [-0.2, -0.15) is 5.10 Å². The van der Waals surface area contributed by atoms with Crippen molar-refractivity contribution in [2.75, 3.05) is 5.43 Å². The summed E-state index contributed by atoms with van der Waals surface area (Å²) in [6.07, 6.45) is 2.78. The van der Waals surface area contributed by atoms with E-state index in [1.165, 1.54) is 12.5 Å². The van der Waals surface area contributed by atoms with Gasteiger partial charge in [-0.3, -0.25) is 15.0 Å². The molecule has 3 rings (SSSR count). The minimum Gasteiger partial charge on any atom is -0.267 e. The SMILES string of the molecule is Cc1ccc(C(=O)Nn2cnc3c(cnn3C(C)(C)C)c2=O)cc1. The fourth-order valence-corrected chi connectivity index (χ4v) is 2.36. The second kappa shape index (κ2) is 5.59. The quantitative estimate of drug-likeness (QED) is 0.782. The van der Waals surface area contributed by atoms with E-state index in [1.807, 2.05) is 39.8 Å². The molecule has 7 heteroatoms. The predicted octanol–water partition coefficient (Wildman–Crippen LogP) is 2.04. The first-order chi connectivity index (χ1) is 11.3. The van der Waals surface area contributed by atoms with E-state index in [1.54, 1.807) is 16.8 Å². The number of benzene rings is 1. The molecule has 0 aliphatic heterocycles. The maximum absolute atomic E-state index is 12.5. The average molecular weight is 325 g/mol. The molecule has 0 aliphatic carbocycles. The molecule has 0 saturated carbocycles. The fraction of sp³-hybridized carbons (Fsp3) is 0.294. The van der Waals surface area contributed by atoms with E-state index in [4.69, 9.17) is 0 Å². The van der Waals surface area contributed by atoms with Gasteiger partial charge in [-0.05, 0) is 39.8 Å². The summed E-state index contributed by atoms with van der Waals surface area (Å²) in [5, 5.41) is 4.60. The van der Waals surface area contributed by atoms with E-state index in [0.717, 1.165) is 10.2 Å². The van der Waals surface area contributed by atoms with Gasteiger partial charge in [0.1, 0.15) is 11.7 Å². The summed E-state index contributed by atoms with van der Waals surface area (Å²) in [6.45, 7) is 7.88. The second-order valence-electron chi connectivity index (χ2n) is 6.69. The summed E-state index contributed by atoms with van der Waals surface area (Å²) in [4.78, 5) is 29.1. The predicted molar refractivity (Wildman–Crippen MR) is 91.7 cm³/mol. The summed E-state index contributed by atoms with van der Waals surface area (Å²) < 4.78 is 2.77. The van der Waals surface area contributed by atoms with Crippen LogP contribution in [0.5, 0.6) is 0 Å². The third-order valence-electron chi connectivity index (χ3n) is 3.66. The van der Waals surface area contributed by atoms with Crippen LogP contribution in [-0.2, 0) is 5.54 Å². The van der Waals surface area contributed by atoms with Gasteiger partial charge >= 0.3 is 0 Å². The lowest BCUT2D eigenvalue weighted by molar-refractivity contribution is 0.101. The molecule has 2 heterocycles. The number of aromatic nitrogens is 4. The number of rotatable bonds is 2. The van der Waals surface area contributed by atoms with Crippen molar-refractivity contribution in [1.29, 1.82) is 0 Å². The molecule has 0 atom stereocenters. The molecular formula is C17H19N5O2. The van der Waals surface area contributed by atoms with Gasteiger partial charge in [-0.1, -0.05) is 17.7 Å². The molecule has 0 radical (unpaired) electrons. The van der Waals surface area contributed by atoms with Gasteiger partial charge in [0, 0.05) is 5.56 Å². The number of nitrogens with zero attached hydrogens (tertiary/aromatic N) is 4. The minimum atomic E-state index is -0.374. The Morgan fingerprint density at radius 1 is 1.17 bits per heavy atom. The Balaban J connectivity index is 1.96. The van der Waals surface area contributed by atoms with Gasteiger partial charge in [0.05, 0.1) is 11.7 Å². The highest BCUT2D eigenvalue weighted by Crippen LogP contribution is 2.17. The van der Waals surface area contributed by atoms with Gasteiger partial charge < -0.3 is 0 Å². The van der Waals surface area contributed by atoms with Crippen LogP contribution in [0.2, 0.25) is 0 Å². The maximum atomic E-state index is 12.5. The second-order valence-corrected chi connectivity index (χ2v) is 6.69. The highest BCUT2D eigenvalue weighted by molar-refractivity contribution is 6.00. The van der Waals surface area contributed by atoms with E-state index >= 15 is 0 Å². The summed E-state index contributed by atoms with van der Waals surface area (Å²) in [6, 6.07) is 7.09. The third-order valence-corrected chi connectivity index (χ3v) is 3.66. The van der Waals surface area contributed by atoms with Crippen molar-refractivity contribution in [3.63, 3.8) is 0 Å². The molecule has 0 fully saturated rings. The monoisotopic (exact) mass is 325 g/mol. The van der Waals surface area contributed by atoms with E-state index in [-0.39, 0.29) is 17.0 Å². The number of carbonyl (C=O) groups is 1. The van der Waals surface area contributed by atoms with Gasteiger partial charge in [0.15, 0.2) is 5.65 Å². The van der Waals surface area contributed by atoms with Crippen molar-refractivity contribution in [2.24, 2.45) is 0 Å². The van der Waals surface area contributed by atoms with Crippen LogP contribution in [0.4, 0.5) is 0 Å². The van der Waals surface area contributed by atoms with Gasteiger partial charge in [0.25, 0.3) is 11.5 Å². The van der Waals surface area contributed by atoms with Crippen LogP contribution in [0.1, 0.15) is 36.7 Å². The number of amides is 1. The molecule has 24 heavy (non-hydrogen) atoms. The van der Waals surface area contributed by atoms with Crippen molar-refractivity contribution in [1.82, 2.24) is 19.4 Å². The normalized spacial score (nSPS) is 11.7. The van der Waals surface area contributed by atoms with Crippen LogP contribution in [0.25, 0.3) is 11.0 Å². The number of nitrogens with one attached hydrogen (secondary N) is 1. The van der Waals surface area contributed by atoms with Crippen molar-refractivity contribution >= 4 is 16.9 Å². The zero-order valence-corrected chi connectivity index (χ0v) is 14.1. The van der Waals surface area contributed by atoms with E-state index in [2.05, 4.69) is 15.5 Å². The molecule has 124 valence electrons. The smallest absolute Gasteiger partial charge is 0.267 e. The van der Waals surface area contributed by atoms with Crippen LogP contribution in [-0.4, -0.2) is 25.3 Å². The Bertz CT molecular complexity index is 961. The zero-order valence-electron chi connectivity index (χ0n) is 14.1. The largest absolute Gasteiger partial charge is 0.283 e. The Hall–Kier alpha value is -2.96. The van der Waals surface area contributed by atoms with E-state index < -0.39 is 0 Å². The number of carbonyl (C=O) groups excluding carboxylic acids is 1. The first-order valence-corrected chi connectivity index (χ1v) is 7.61. The van der Waals surface area contributed by atoms with Gasteiger partial charge in [-0.25, -0.2) is 14.3 Å². The molecule has 7 nitrogen and oxygen atoms in total. The minimum absolute atomic E-state index is 0.293. The fourth-order valence-electron chi connectivity index (χ4n) is 2.36. The molecule has 1 N–H and O–H groups in total. The number of fused-ring (bicyclic) bond motifs is 1. The zero-order chi connectivity index (χ0) is 17.5. The lowest BCUT2D eigenvalue weighted by Crippen LogP contribution is -2.33.